The summed E-state index contributed by atoms with van der Waals surface area (Å²) in [5, 5.41) is 16.1. The molecule has 0 radical (unpaired) electrons. The number of hydrogen-bond acceptors (Lipinski definition) is 0. The highest BCUT2D eigenvalue weighted by Crippen LogP contribution is 2.44. The first-order chi connectivity index (χ1) is 17.5. The Kier molecular flexibility index (Phi) is 3.76. The van der Waals surface area contributed by atoms with Gasteiger partial charge in [-0.05, 0) is 86.7 Å². The van der Waals surface area contributed by atoms with Crippen molar-refractivity contribution >= 4 is 64.6 Å². The minimum absolute atomic E-state index is 0.122. The summed E-state index contributed by atoms with van der Waals surface area (Å²) in [6, 6.07) is 39.1. The summed E-state index contributed by atoms with van der Waals surface area (Å²) in [6.07, 6.45) is 0. The molecule has 0 amide bonds. The van der Waals surface area contributed by atoms with E-state index >= 15 is 0 Å². The van der Waals surface area contributed by atoms with Crippen molar-refractivity contribution in [3.8, 4) is 11.1 Å². The molecule has 0 spiro atoms. The van der Waals surface area contributed by atoms with Gasteiger partial charge in [0, 0.05) is 0 Å². The van der Waals surface area contributed by atoms with Gasteiger partial charge in [-0.3, -0.25) is 0 Å². The molecule has 36 heavy (non-hydrogen) atoms. The zero-order valence-electron chi connectivity index (χ0n) is 20.8. The van der Waals surface area contributed by atoms with Crippen LogP contribution in [0.15, 0.2) is 103 Å². The number of rotatable bonds is 1. The Bertz CT molecular complexity index is 2080. The van der Waals surface area contributed by atoms with E-state index in [1.54, 1.807) is 0 Å². The molecule has 0 saturated heterocycles. The maximum Gasteiger partial charge on any atom is -0.00206 e. The Morgan fingerprint density at radius 1 is 0.389 bits per heavy atom. The van der Waals surface area contributed by atoms with Crippen molar-refractivity contribution in [2.45, 2.75) is 26.2 Å². The van der Waals surface area contributed by atoms with Crippen molar-refractivity contribution in [2.24, 2.45) is 0 Å². The predicted molar refractivity (Wildman–Crippen MR) is 158 cm³/mol. The van der Waals surface area contributed by atoms with Crippen LogP contribution >= 0.6 is 0 Å². The van der Waals surface area contributed by atoms with E-state index in [1.165, 1.54) is 81.3 Å². The molecule has 0 aliphatic carbocycles. The molecule has 0 unspecified atom stereocenters. The molecule has 170 valence electrons. The first kappa shape index (κ1) is 20.1. The van der Waals surface area contributed by atoms with Crippen LogP contribution in [0.25, 0.3) is 75.8 Å². The highest BCUT2D eigenvalue weighted by atomic mass is 14.2. The summed E-state index contributed by atoms with van der Waals surface area (Å²) in [4.78, 5) is 0. The minimum atomic E-state index is 0.122. The number of hydrogen-bond donors (Lipinski definition) is 0. The fourth-order valence-electron chi connectivity index (χ4n) is 6.46. The summed E-state index contributed by atoms with van der Waals surface area (Å²) in [5.74, 6) is 0. The molecule has 0 heteroatoms. The van der Waals surface area contributed by atoms with Gasteiger partial charge in [0.1, 0.15) is 0 Å². The Morgan fingerprint density at radius 2 is 0.778 bits per heavy atom. The Morgan fingerprint density at radius 3 is 1.31 bits per heavy atom. The van der Waals surface area contributed by atoms with Crippen molar-refractivity contribution < 1.29 is 0 Å². The fraction of sp³-hybridized carbons (Fsp3) is 0.111. The van der Waals surface area contributed by atoms with E-state index in [9.17, 15) is 0 Å². The highest BCUT2D eigenvalue weighted by molar-refractivity contribution is 6.29. The van der Waals surface area contributed by atoms with Gasteiger partial charge in [-0.15, -0.1) is 0 Å². The van der Waals surface area contributed by atoms with Gasteiger partial charge in [0.05, 0.1) is 0 Å². The first-order valence-electron chi connectivity index (χ1n) is 12.9. The van der Waals surface area contributed by atoms with Crippen molar-refractivity contribution in [3.05, 3.63) is 109 Å². The summed E-state index contributed by atoms with van der Waals surface area (Å²) < 4.78 is 0. The normalized spacial score (nSPS) is 12.9. The second-order valence-corrected chi connectivity index (χ2v) is 11.4. The quantitative estimate of drug-likeness (QED) is 0.215. The van der Waals surface area contributed by atoms with E-state index in [-0.39, 0.29) is 5.41 Å². The van der Waals surface area contributed by atoms with Gasteiger partial charge < -0.3 is 0 Å². The number of benzene rings is 8. The fourth-order valence-corrected chi connectivity index (χ4v) is 6.46. The van der Waals surface area contributed by atoms with Gasteiger partial charge >= 0.3 is 0 Å². The molecule has 8 aromatic carbocycles. The summed E-state index contributed by atoms with van der Waals surface area (Å²) in [7, 11) is 0. The Hall–Kier alpha value is -4.16. The lowest BCUT2D eigenvalue weighted by Crippen LogP contribution is -2.10. The molecule has 0 aliphatic heterocycles. The standard InChI is InChI=1S/C36H26/c1-36(2,3)27-19-25-10-9-24-12-16-29(31-18-14-26(20-27)33(25)35(24)31)28-15-11-23-8-7-21-5-4-6-22-13-17-30(28)34(23)32(21)22/h4-20H,1-3H3. The molecule has 0 bridgehead atoms. The third kappa shape index (κ3) is 2.59. The van der Waals surface area contributed by atoms with E-state index in [4.69, 9.17) is 0 Å². The lowest BCUT2D eigenvalue weighted by atomic mass is 9.82. The molecule has 0 nitrogen and oxygen atoms in total. The van der Waals surface area contributed by atoms with Gasteiger partial charge in [0.2, 0.25) is 0 Å². The zero-order chi connectivity index (χ0) is 24.2. The molecule has 0 atom stereocenters. The maximum atomic E-state index is 2.39. The molecule has 8 rings (SSSR count). The summed E-state index contributed by atoms with van der Waals surface area (Å²) in [6.45, 7) is 6.89. The topological polar surface area (TPSA) is 0 Å². The van der Waals surface area contributed by atoms with Crippen LogP contribution in [-0.4, -0.2) is 0 Å². The van der Waals surface area contributed by atoms with Gasteiger partial charge in [0.25, 0.3) is 0 Å². The van der Waals surface area contributed by atoms with Crippen LogP contribution in [0.5, 0.6) is 0 Å². The van der Waals surface area contributed by atoms with Crippen LogP contribution < -0.4 is 0 Å². The Balaban J connectivity index is 1.49. The molecular weight excluding hydrogens is 432 g/mol. The van der Waals surface area contributed by atoms with Crippen molar-refractivity contribution in [2.75, 3.05) is 0 Å². The van der Waals surface area contributed by atoms with Crippen LogP contribution in [0.4, 0.5) is 0 Å². The smallest absolute Gasteiger partial charge is 0.00206 e. The minimum Gasteiger partial charge on any atom is -0.0610 e. The third-order valence-corrected chi connectivity index (χ3v) is 8.28. The molecule has 0 aromatic heterocycles. The lowest BCUT2D eigenvalue weighted by molar-refractivity contribution is 0.591. The van der Waals surface area contributed by atoms with E-state index in [0.717, 1.165) is 0 Å². The average molecular weight is 459 g/mol. The second-order valence-electron chi connectivity index (χ2n) is 11.4. The van der Waals surface area contributed by atoms with Crippen molar-refractivity contribution in [1.29, 1.82) is 0 Å². The van der Waals surface area contributed by atoms with E-state index in [0.29, 0.717) is 0 Å². The molecule has 0 N–H and O–H groups in total. The molecule has 8 aromatic rings. The van der Waals surface area contributed by atoms with Crippen molar-refractivity contribution in [3.63, 3.8) is 0 Å². The van der Waals surface area contributed by atoms with Gasteiger partial charge in [-0.2, -0.15) is 0 Å². The van der Waals surface area contributed by atoms with Crippen LogP contribution in [0.2, 0.25) is 0 Å². The zero-order valence-corrected chi connectivity index (χ0v) is 20.8. The van der Waals surface area contributed by atoms with Crippen LogP contribution in [0, 0.1) is 0 Å². The summed E-state index contributed by atoms with van der Waals surface area (Å²) >= 11 is 0. The van der Waals surface area contributed by atoms with Crippen LogP contribution in [0.1, 0.15) is 26.3 Å². The molecule has 0 heterocycles. The van der Waals surface area contributed by atoms with E-state index in [1.807, 2.05) is 0 Å². The highest BCUT2D eigenvalue weighted by Gasteiger charge is 2.19. The monoisotopic (exact) mass is 458 g/mol. The predicted octanol–water partition coefficient (Wildman–Crippen LogP) is 10.4. The lowest BCUT2D eigenvalue weighted by Gasteiger charge is -2.22. The largest absolute Gasteiger partial charge is 0.0610 e. The molecular formula is C36H26. The molecule has 0 saturated carbocycles. The maximum absolute atomic E-state index is 2.39. The van der Waals surface area contributed by atoms with Gasteiger partial charge in [0.15, 0.2) is 0 Å². The van der Waals surface area contributed by atoms with E-state index in [2.05, 4.69) is 124 Å². The summed E-state index contributed by atoms with van der Waals surface area (Å²) in [5.41, 5.74) is 4.14. The third-order valence-electron chi connectivity index (χ3n) is 8.28. The molecule has 0 aliphatic rings. The van der Waals surface area contributed by atoms with E-state index < -0.39 is 0 Å². The van der Waals surface area contributed by atoms with Gasteiger partial charge in [-0.25, -0.2) is 0 Å². The average Bonchev–Trinajstić information content (AvgIpc) is 2.89. The van der Waals surface area contributed by atoms with Crippen molar-refractivity contribution in [1.82, 2.24) is 0 Å². The molecule has 0 fully saturated rings. The van der Waals surface area contributed by atoms with Crippen LogP contribution in [0.3, 0.4) is 0 Å². The Labute approximate surface area is 210 Å². The van der Waals surface area contributed by atoms with Gasteiger partial charge in [-0.1, -0.05) is 124 Å². The SMILES string of the molecule is CC(C)(C)c1cc2ccc3ccc(-c4ccc5ccc6cccc7ccc4c5c67)c4ccc(c1)c2c34. The second kappa shape index (κ2) is 6.74. The van der Waals surface area contributed by atoms with Crippen LogP contribution in [-0.2, 0) is 5.41 Å². The first-order valence-corrected chi connectivity index (χ1v) is 12.9.